The van der Waals surface area contributed by atoms with Gasteiger partial charge in [-0.2, -0.15) is 0 Å². The lowest BCUT2D eigenvalue weighted by Crippen LogP contribution is -2.31. The number of hydrogen-bond acceptors (Lipinski definition) is 2. The molecule has 0 aromatic heterocycles. The van der Waals surface area contributed by atoms with E-state index in [9.17, 15) is 14.7 Å². The molecule has 1 saturated heterocycles. The van der Waals surface area contributed by atoms with Crippen LogP contribution in [0.4, 0.5) is 0 Å². The number of carbonyl (C=O) groups excluding carboxylic acids is 1. The first kappa shape index (κ1) is 16.5. The molecule has 24 heavy (non-hydrogen) atoms. The summed E-state index contributed by atoms with van der Waals surface area (Å²) in [6.07, 6.45) is 0.188. The van der Waals surface area contributed by atoms with Crippen molar-refractivity contribution in [3.05, 3.63) is 70.7 Å². The Balaban J connectivity index is 1.77. The summed E-state index contributed by atoms with van der Waals surface area (Å²) in [5, 5.41) is 10.1. The van der Waals surface area contributed by atoms with Crippen LogP contribution in [-0.4, -0.2) is 35.0 Å². The highest BCUT2D eigenvalue weighted by Gasteiger charge is 2.40. The Morgan fingerprint density at radius 1 is 1.04 bits per heavy atom. The number of hydrogen-bond donors (Lipinski definition) is 1. The summed E-state index contributed by atoms with van der Waals surface area (Å²) in [4.78, 5) is 25.8. The summed E-state index contributed by atoms with van der Waals surface area (Å²) in [5.41, 5.74) is 1.72. The van der Waals surface area contributed by atoms with Crippen LogP contribution in [0.2, 0.25) is 5.02 Å². The van der Waals surface area contributed by atoms with E-state index in [1.165, 1.54) is 0 Å². The summed E-state index contributed by atoms with van der Waals surface area (Å²) >= 11 is 6.11. The third-order valence-corrected chi connectivity index (χ3v) is 4.89. The minimum Gasteiger partial charge on any atom is -0.481 e. The summed E-state index contributed by atoms with van der Waals surface area (Å²) in [6, 6.07) is 16.7. The summed E-state index contributed by atoms with van der Waals surface area (Å²) < 4.78 is 0. The Morgan fingerprint density at radius 2 is 1.71 bits per heavy atom. The van der Waals surface area contributed by atoms with Crippen molar-refractivity contribution in [1.29, 1.82) is 0 Å². The van der Waals surface area contributed by atoms with Crippen molar-refractivity contribution in [3.8, 4) is 0 Å². The van der Waals surface area contributed by atoms with E-state index < -0.39 is 11.9 Å². The van der Waals surface area contributed by atoms with Gasteiger partial charge in [0.25, 0.3) is 0 Å². The summed E-state index contributed by atoms with van der Waals surface area (Å²) in [5.74, 6) is -1.72. The first-order chi connectivity index (χ1) is 11.6. The molecule has 3 rings (SSSR count). The average Bonchev–Trinajstić information content (AvgIpc) is 3.03. The predicted molar refractivity (Wildman–Crippen MR) is 92.0 cm³/mol. The molecule has 1 aliphatic heterocycles. The molecule has 2 atom stereocenters. The van der Waals surface area contributed by atoms with E-state index in [0.29, 0.717) is 11.6 Å². The second-order valence-corrected chi connectivity index (χ2v) is 6.44. The Labute approximate surface area is 145 Å². The van der Waals surface area contributed by atoms with E-state index in [0.717, 1.165) is 11.1 Å². The Kier molecular flexibility index (Phi) is 4.86. The first-order valence-electron chi connectivity index (χ1n) is 7.85. The van der Waals surface area contributed by atoms with E-state index in [1.54, 1.807) is 11.0 Å². The minimum atomic E-state index is -0.864. The Morgan fingerprint density at radius 3 is 2.38 bits per heavy atom. The van der Waals surface area contributed by atoms with Gasteiger partial charge in [0.15, 0.2) is 0 Å². The van der Waals surface area contributed by atoms with Crippen molar-refractivity contribution in [2.75, 3.05) is 13.1 Å². The first-order valence-corrected chi connectivity index (χ1v) is 8.23. The third kappa shape index (κ3) is 3.44. The standard InChI is InChI=1S/C19H18ClNO3/c20-17-9-5-4-8-14(17)10-18(22)21-11-15(16(12-21)19(23)24)13-6-2-1-3-7-13/h1-9,15-16H,10-12H2,(H,23,24)/t15-,16-/m1/s1. The topological polar surface area (TPSA) is 57.6 Å². The quantitative estimate of drug-likeness (QED) is 0.927. The van der Waals surface area contributed by atoms with Crippen molar-refractivity contribution in [3.63, 3.8) is 0 Å². The molecule has 0 bridgehead atoms. The highest BCUT2D eigenvalue weighted by Crippen LogP contribution is 2.33. The van der Waals surface area contributed by atoms with Gasteiger partial charge in [0.05, 0.1) is 12.3 Å². The number of halogens is 1. The molecule has 0 spiro atoms. The number of nitrogens with zero attached hydrogens (tertiary/aromatic N) is 1. The molecule has 1 aliphatic rings. The number of benzene rings is 2. The van der Waals surface area contributed by atoms with E-state index in [1.807, 2.05) is 48.5 Å². The monoisotopic (exact) mass is 343 g/mol. The zero-order chi connectivity index (χ0) is 17.1. The van der Waals surface area contributed by atoms with Crippen LogP contribution < -0.4 is 0 Å². The van der Waals surface area contributed by atoms with Gasteiger partial charge in [-0.3, -0.25) is 9.59 Å². The van der Waals surface area contributed by atoms with Crippen molar-refractivity contribution in [1.82, 2.24) is 4.90 Å². The highest BCUT2D eigenvalue weighted by molar-refractivity contribution is 6.31. The van der Waals surface area contributed by atoms with Gasteiger partial charge in [0.2, 0.25) is 5.91 Å². The molecule has 2 aromatic carbocycles. The van der Waals surface area contributed by atoms with Gasteiger partial charge >= 0.3 is 5.97 Å². The number of rotatable bonds is 4. The van der Waals surface area contributed by atoms with E-state index >= 15 is 0 Å². The molecule has 0 radical (unpaired) electrons. The van der Waals surface area contributed by atoms with Crippen molar-refractivity contribution in [2.45, 2.75) is 12.3 Å². The third-order valence-electron chi connectivity index (χ3n) is 4.52. The van der Waals surface area contributed by atoms with Crippen LogP contribution in [0.3, 0.4) is 0 Å². The van der Waals surface area contributed by atoms with Crippen LogP contribution >= 0.6 is 11.6 Å². The van der Waals surface area contributed by atoms with Crippen LogP contribution in [0, 0.1) is 5.92 Å². The predicted octanol–water partition coefficient (Wildman–Crippen LogP) is 3.21. The van der Waals surface area contributed by atoms with Gasteiger partial charge in [-0.25, -0.2) is 0 Å². The minimum absolute atomic E-state index is 0.0900. The number of carbonyl (C=O) groups is 2. The van der Waals surface area contributed by atoms with Gasteiger partial charge in [-0.15, -0.1) is 0 Å². The second kappa shape index (κ2) is 7.05. The number of amides is 1. The molecule has 0 unspecified atom stereocenters. The number of likely N-dealkylation sites (tertiary alicyclic amines) is 1. The molecule has 2 aromatic rings. The van der Waals surface area contributed by atoms with Crippen molar-refractivity contribution in [2.24, 2.45) is 5.92 Å². The second-order valence-electron chi connectivity index (χ2n) is 6.03. The van der Waals surface area contributed by atoms with E-state index in [-0.39, 0.29) is 24.8 Å². The molecular weight excluding hydrogens is 326 g/mol. The zero-order valence-electron chi connectivity index (χ0n) is 13.1. The summed E-state index contributed by atoms with van der Waals surface area (Å²) in [7, 11) is 0. The maximum atomic E-state index is 12.6. The molecule has 5 heteroatoms. The molecular formula is C19H18ClNO3. The van der Waals surface area contributed by atoms with Gasteiger partial charge in [0.1, 0.15) is 0 Å². The normalized spacial score (nSPS) is 20.1. The lowest BCUT2D eigenvalue weighted by atomic mass is 9.89. The SMILES string of the molecule is O=C(O)[C@@H]1CN(C(=O)Cc2ccccc2Cl)C[C@@H]1c1ccccc1. The van der Waals surface area contributed by atoms with Gasteiger partial charge in [-0.05, 0) is 17.2 Å². The molecule has 1 heterocycles. The average molecular weight is 344 g/mol. The molecule has 124 valence electrons. The number of aliphatic carboxylic acids is 1. The molecule has 0 saturated carbocycles. The zero-order valence-corrected chi connectivity index (χ0v) is 13.8. The molecule has 1 amide bonds. The number of carboxylic acids is 1. The van der Waals surface area contributed by atoms with Crippen molar-refractivity contribution >= 4 is 23.5 Å². The van der Waals surface area contributed by atoms with Crippen LogP contribution in [0.15, 0.2) is 54.6 Å². The van der Waals surface area contributed by atoms with Gasteiger partial charge < -0.3 is 10.0 Å². The van der Waals surface area contributed by atoms with Crippen LogP contribution in [-0.2, 0) is 16.0 Å². The van der Waals surface area contributed by atoms with Gasteiger partial charge in [0, 0.05) is 24.0 Å². The largest absolute Gasteiger partial charge is 0.481 e. The lowest BCUT2D eigenvalue weighted by molar-refractivity contribution is -0.141. The number of carboxylic acid groups (broad SMARTS) is 1. The van der Waals surface area contributed by atoms with E-state index in [2.05, 4.69) is 0 Å². The lowest BCUT2D eigenvalue weighted by Gasteiger charge is -2.17. The van der Waals surface area contributed by atoms with Crippen LogP contribution in [0.25, 0.3) is 0 Å². The maximum Gasteiger partial charge on any atom is 0.308 e. The van der Waals surface area contributed by atoms with Crippen LogP contribution in [0.1, 0.15) is 17.0 Å². The fourth-order valence-corrected chi connectivity index (χ4v) is 3.41. The maximum absolute atomic E-state index is 12.6. The van der Waals surface area contributed by atoms with Crippen molar-refractivity contribution < 1.29 is 14.7 Å². The molecule has 0 aliphatic carbocycles. The fraction of sp³-hybridized carbons (Fsp3) is 0.263. The molecule has 1 N–H and O–H groups in total. The molecule has 1 fully saturated rings. The van der Waals surface area contributed by atoms with Crippen LogP contribution in [0.5, 0.6) is 0 Å². The Hall–Kier alpha value is -2.33. The fourth-order valence-electron chi connectivity index (χ4n) is 3.21. The molecule has 4 nitrogen and oxygen atoms in total. The smallest absolute Gasteiger partial charge is 0.308 e. The van der Waals surface area contributed by atoms with Gasteiger partial charge in [-0.1, -0.05) is 60.1 Å². The summed E-state index contributed by atoms with van der Waals surface area (Å²) in [6.45, 7) is 0.655. The highest BCUT2D eigenvalue weighted by atomic mass is 35.5. The Bertz CT molecular complexity index is 747. The van der Waals surface area contributed by atoms with E-state index in [4.69, 9.17) is 11.6 Å².